The average molecular weight is 426 g/mol. The van der Waals surface area contributed by atoms with Crippen LogP contribution in [-0.2, 0) is 19.5 Å². The smallest absolute Gasteiger partial charge is 0.263 e. The van der Waals surface area contributed by atoms with Crippen LogP contribution >= 0.6 is 0 Å². The number of carbonyl (C=O) groups excluding carboxylic acids is 1. The fourth-order valence-electron chi connectivity index (χ4n) is 3.26. The number of aryl methyl sites for hydroxylation is 4. The molecule has 0 spiro atoms. The van der Waals surface area contributed by atoms with E-state index in [0.717, 1.165) is 5.56 Å². The molecule has 0 radical (unpaired) electrons. The molecule has 0 atom stereocenters. The SMILES string of the molecule is COc1ccc(CCn2ccc(C)c(C(=O)N(C)Cc3nc(C)no3)c2=O)cc1OC. The monoisotopic (exact) mass is 426 g/mol. The Labute approximate surface area is 180 Å². The van der Waals surface area contributed by atoms with Gasteiger partial charge in [-0.1, -0.05) is 11.2 Å². The van der Waals surface area contributed by atoms with Crippen molar-refractivity contribution in [1.82, 2.24) is 19.6 Å². The van der Waals surface area contributed by atoms with Crippen molar-refractivity contribution in [1.29, 1.82) is 0 Å². The van der Waals surface area contributed by atoms with E-state index in [0.29, 0.717) is 41.7 Å². The topological polar surface area (TPSA) is 99.7 Å². The molecule has 0 saturated carbocycles. The van der Waals surface area contributed by atoms with Crippen LogP contribution < -0.4 is 15.0 Å². The van der Waals surface area contributed by atoms with E-state index in [-0.39, 0.29) is 23.6 Å². The number of ether oxygens (including phenoxy) is 2. The van der Waals surface area contributed by atoms with Gasteiger partial charge in [0.1, 0.15) is 5.56 Å². The van der Waals surface area contributed by atoms with Gasteiger partial charge in [0.25, 0.3) is 11.5 Å². The van der Waals surface area contributed by atoms with E-state index in [2.05, 4.69) is 10.1 Å². The summed E-state index contributed by atoms with van der Waals surface area (Å²) in [6.45, 7) is 3.99. The van der Waals surface area contributed by atoms with Crippen molar-refractivity contribution in [3.8, 4) is 11.5 Å². The first kappa shape index (κ1) is 22.1. The lowest BCUT2D eigenvalue weighted by atomic mass is 10.1. The van der Waals surface area contributed by atoms with E-state index in [9.17, 15) is 9.59 Å². The number of hydrogen-bond donors (Lipinski definition) is 0. The Hall–Kier alpha value is -3.62. The van der Waals surface area contributed by atoms with Gasteiger partial charge in [-0.05, 0) is 49.6 Å². The molecule has 0 bridgehead atoms. The summed E-state index contributed by atoms with van der Waals surface area (Å²) in [5, 5.41) is 3.72. The number of rotatable bonds is 8. The Morgan fingerprint density at radius 2 is 1.90 bits per heavy atom. The Balaban J connectivity index is 1.78. The van der Waals surface area contributed by atoms with E-state index in [1.54, 1.807) is 51.9 Å². The predicted molar refractivity (Wildman–Crippen MR) is 114 cm³/mol. The summed E-state index contributed by atoms with van der Waals surface area (Å²) >= 11 is 0. The van der Waals surface area contributed by atoms with E-state index >= 15 is 0 Å². The summed E-state index contributed by atoms with van der Waals surface area (Å²) in [5.41, 5.74) is 1.40. The second-order valence-electron chi connectivity index (χ2n) is 7.21. The molecule has 31 heavy (non-hydrogen) atoms. The molecule has 1 aromatic carbocycles. The third-order valence-corrected chi connectivity index (χ3v) is 4.97. The van der Waals surface area contributed by atoms with Crippen LogP contribution in [-0.4, -0.2) is 46.8 Å². The van der Waals surface area contributed by atoms with E-state index in [4.69, 9.17) is 14.0 Å². The number of amides is 1. The molecule has 164 valence electrons. The molecule has 0 saturated heterocycles. The van der Waals surface area contributed by atoms with Crippen LogP contribution in [0.4, 0.5) is 0 Å². The van der Waals surface area contributed by atoms with Crippen LogP contribution in [0.1, 0.15) is 33.2 Å². The molecular formula is C22H26N4O5. The van der Waals surface area contributed by atoms with Gasteiger partial charge < -0.3 is 23.5 Å². The highest BCUT2D eigenvalue weighted by Gasteiger charge is 2.21. The third kappa shape index (κ3) is 4.93. The molecule has 0 aliphatic carbocycles. The fourth-order valence-corrected chi connectivity index (χ4v) is 3.26. The zero-order valence-electron chi connectivity index (χ0n) is 18.3. The highest BCUT2D eigenvalue weighted by molar-refractivity contribution is 5.95. The summed E-state index contributed by atoms with van der Waals surface area (Å²) in [4.78, 5) is 31.5. The van der Waals surface area contributed by atoms with E-state index < -0.39 is 0 Å². The number of benzene rings is 1. The van der Waals surface area contributed by atoms with Crippen molar-refractivity contribution < 1.29 is 18.8 Å². The minimum atomic E-state index is -0.390. The van der Waals surface area contributed by atoms with Crippen molar-refractivity contribution in [2.24, 2.45) is 0 Å². The van der Waals surface area contributed by atoms with Crippen molar-refractivity contribution in [2.75, 3.05) is 21.3 Å². The van der Waals surface area contributed by atoms with Gasteiger partial charge in [0.15, 0.2) is 17.3 Å². The largest absolute Gasteiger partial charge is 0.493 e. The maximum Gasteiger partial charge on any atom is 0.263 e. The summed E-state index contributed by atoms with van der Waals surface area (Å²) in [5.74, 6) is 1.69. The van der Waals surface area contributed by atoms with Crippen LogP contribution in [0.15, 0.2) is 39.8 Å². The van der Waals surface area contributed by atoms with Gasteiger partial charge in [0, 0.05) is 19.8 Å². The first-order chi connectivity index (χ1) is 14.8. The molecule has 0 fully saturated rings. The molecule has 9 nitrogen and oxygen atoms in total. The molecule has 1 amide bonds. The molecule has 3 rings (SSSR count). The predicted octanol–water partition coefficient (Wildman–Crippen LogP) is 2.38. The van der Waals surface area contributed by atoms with Crippen molar-refractivity contribution in [3.05, 3.63) is 69.2 Å². The molecule has 3 aromatic rings. The Bertz CT molecular complexity index is 1140. The van der Waals surface area contributed by atoms with Gasteiger partial charge in [0.05, 0.1) is 20.8 Å². The van der Waals surface area contributed by atoms with Crippen molar-refractivity contribution >= 4 is 5.91 Å². The molecule has 2 heterocycles. The standard InChI is InChI=1S/C22H26N4O5/c1-14-8-10-26(11-9-16-6-7-17(29-4)18(12-16)30-5)22(28)20(14)21(27)25(3)13-19-23-15(2)24-31-19/h6-8,10,12H,9,11,13H2,1-5H3. The highest BCUT2D eigenvalue weighted by Crippen LogP contribution is 2.27. The highest BCUT2D eigenvalue weighted by atomic mass is 16.5. The number of carbonyl (C=O) groups is 1. The Morgan fingerprint density at radius 1 is 1.16 bits per heavy atom. The van der Waals surface area contributed by atoms with Gasteiger partial charge in [-0.2, -0.15) is 4.98 Å². The van der Waals surface area contributed by atoms with E-state index in [1.165, 1.54) is 4.90 Å². The van der Waals surface area contributed by atoms with Gasteiger partial charge >= 0.3 is 0 Å². The fraction of sp³-hybridized carbons (Fsp3) is 0.364. The molecule has 0 aliphatic heterocycles. The van der Waals surface area contributed by atoms with Crippen LogP contribution in [0, 0.1) is 13.8 Å². The van der Waals surface area contributed by atoms with Crippen LogP contribution in [0.5, 0.6) is 11.5 Å². The normalized spacial score (nSPS) is 10.7. The summed E-state index contributed by atoms with van der Waals surface area (Å²) < 4.78 is 17.2. The lowest BCUT2D eigenvalue weighted by Gasteiger charge is -2.17. The number of methoxy groups -OCH3 is 2. The van der Waals surface area contributed by atoms with Crippen molar-refractivity contribution in [3.63, 3.8) is 0 Å². The maximum atomic E-state index is 13.1. The Kier molecular flexibility index (Phi) is 6.74. The first-order valence-electron chi connectivity index (χ1n) is 9.79. The molecule has 0 unspecified atom stereocenters. The minimum absolute atomic E-state index is 0.124. The van der Waals surface area contributed by atoms with E-state index in [1.807, 2.05) is 18.2 Å². The van der Waals surface area contributed by atoms with Crippen LogP contribution in [0.2, 0.25) is 0 Å². The lowest BCUT2D eigenvalue weighted by molar-refractivity contribution is 0.0766. The molecule has 2 aromatic heterocycles. The van der Waals surface area contributed by atoms with Gasteiger partial charge in [-0.15, -0.1) is 0 Å². The molecule has 9 heteroatoms. The molecule has 0 aliphatic rings. The lowest BCUT2D eigenvalue weighted by Crippen LogP contribution is -2.35. The van der Waals surface area contributed by atoms with Crippen LogP contribution in [0.3, 0.4) is 0 Å². The first-order valence-corrected chi connectivity index (χ1v) is 9.79. The summed E-state index contributed by atoms with van der Waals surface area (Å²) in [6.07, 6.45) is 2.30. The summed E-state index contributed by atoms with van der Waals surface area (Å²) in [7, 11) is 4.76. The number of pyridine rings is 1. The zero-order valence-corrected chi connectivity index (χ0v) is 18.3. The maximum absolute atomic E-state index is 13.1. The number of nitrogens with zero attached hydrogens (tertiary/aromatic N) is 4. The number of aromatic nitrogens is 3. The second kappa shape index (κ2) is 9.46. The van der Waals surface area contributed by atoms with Gasteiger partial charge in [-0.25, -0.2) is 0 Å². The van der Waals surface area contributed by atoms with Crippen molar-refractivity contribution in [2.45, 2.75) is 33.4 Å². The third-order valence-electron chi connectivity index (χ3n) is 4.97. The Morgan fingerprint density at radius 3 is 2.55 bits per heavy atom. The van der Waals surface area contributed by atoms with Gasteiger partial charge in [0.2, 0.25) is 5.89 Å². The quantitative estimate of drug-likeness (QED) is 0.545. The minimum Gasteiger partial charge on any atom is -0.493 e. The average Bonchev–Trinajstić information content (AvgIpc) is 3.17. The summed E-state index contributed by atoms with van der Waals surface area (Å²) in [6, 6.07) is 7.40. The number of hydrogen-bond acceptors (Lipinski definition) is 7. The second-order valence-corrected chi connectivity index (χ2v) is 7.21. The van der Waals surface area contributed by atoms with Gasteiger partial charge in [-0.3, -0.25) is 9.59 Å². The zero-order chi connectivity index (χ0) is 22.5. The van der Waals surface area contributed by atoms with Crippen LogP contribution in [0.25, 0.3) is 0 Å². The molecule has 0 N–H and O–H groups in total. The molecular weight excluding hydrogens is 400 g/mol.